The van der Waals surface area contributed by atoms with Crippen LogP contribution in [0.5, 0.6) is 0 Å². The summed E-state index contributed by atoms with van der Waals surface area (Å²) in [6, 6.07) is 17.4. The molecule has 142 valence electrons. The Labute approximate surface area is 164 Å². The van der Waals surface area contributed by atoms with Gasteiger partial charge in [-0.15, -0.1) is 0 Å². The fraction of sp³-hybridized carbons (Fsp3) is 0.333. The Morgan fingerprint density at radius 3 is 2.26 bits per heavy atom. The van der Waals surface area contributed by atoms with Crippen LogP contribution in [0.1, 0.15) is 12.0 Å². The molecule has 0 bridgehead atoms. The van der Waals surface area contributed by atoms with Crippen LogP contribution in [0, 0.1) is 0 Å². The largest absolute Gasteiger partial charge is 0.368 e. The number of nitrogens with zero attached hydrogens (tertiary/aromatic N) is 2. The van der Waals surface area contributed by atoms with Gasteiger partial charge in [0, 0.05) is 49.9 Å². The summed E-state index contributed by atoms with van der Waals surface area (Å²) in [6.45, 7) is 3.36. The topological polar surface area (TPSA) is 52.7 Å². The molecule has 1 saturated heterocycles. The SMILES string of the molecule is O=C(Cc1ccccc1)NCCC(=O)N1CCN(c2ccc(Cl)cc2)CC1. The predicted molar refractivity (Wildman–Crippen MR) is 108 cm³/mol. The molecule has 0 radical (unpaired) electrons. The average Bonchev–Trinajstić information content (AvgIpc) is 2.69. The monoisotopic (exact) mass is 385 g/mol. The van der Waals surface area contributed by atoms with Crippen molar-refractivity contribution in [2.75, 3.05) is 37.6 Å². The van der Waals surface area contributed by atoms with Gasteiger partial charge < -0.3 is 15.1 Å². The zero-order chi connectivity index (χ0) is 19.1. The minimum absolute atomic E-state index is 0.0541. The second kappa shape index (κ2) is 9.42. The zero-order valence-electron chi connectivity index (χ0n) is 15.2. The number of anilines is 1. The quantitative estimate of drug-likeness (QED) is 0.831. The van der Waals surface area contributed by atoms with E-state index in [-0.39, 0.29) is 11.8 Å². The number of halogens is 1. The van der Waals surface area contributed by atoms with Crippen molar-refractivity contribution in [1.82, 2.24) is 10.2 Å². The maximum absolute atomic E-state index is 12.4. The van der Waals surface area contributed by atoms with Crippen LogP contribution in [-0.4, -0.2) is 49.4 Å². The lowest BCUT2D eigenvalue weighted by Gasteiger charge is -2.36. The van der Waals surface area contributed by atoms with Gasteiger partial charge in [-0.25, -0.2) is 0 Å². The molecule has 2 aromatic carbocycles. The van der Waals surface area contributed by atoms with E-state index in [1.807, 2.05) is 59.5 Å². The maximum atomic E-state index is 12.4. The molecule has 1 aliphatic heterocycles. The molecule has 0 spiro atoms. The molecule has 27 heavy (non-hydrogen) atoms. The first kappa shape index (κ1) is 19.2. The van der Waals surface area contributed by atoms with E-state index in [0.29, 0.717) is 32.5 Å². The third-order valence-electron chi connectivity index (χ3n) is 4.69. The van der Waals surface area contributed by atoms with Gasteiger partial charge >= 0.3 is 0 Å². The van der Waals surface area contributed by atoms with E-state index in [9.17, 15) is 9.59 Å². The van der Waals surface area contributed by atoms with Gasteiger partial charge in [0.25, 0.3) is 0 Å². The van der Waals surface area contributed by atoms with E-state index >= 15 is 0 Å². The van der Waals surface area contributed by atoms with Crippen LogP contribution in [0.2, 0.25) is 5.02 Å². The molecule has 2 aromatic rings. The van der Waals surface area contributed by atoms with Crippen molar-refractivity contribution in [3.05, 3.63) is 65.2 Å². The van der Waals surface area contributed by atoms with Crippen molar-refractivity contribution in [3.8, 4) is 0 Å². The van der Waals surface area contributed by atoms with Crippen molar-refractivity contribution in [2.45, 2.75) is 12.8 Å². The van der Waals surface area contributed by atoms with E-state index in [1.165, 1.54) is 0 Å². The van der Waals surface area contributed by atoms with Crippen molar-refractivity contribution < 1.29 is 9.59 Å². The molecule has 2 amide bonds. The van der Waals surface area contributed by atoms with Crippen LogP contribution in [0.25, 0.3) is 0 Å². The van der Waals surface area contributed by atoms with Crippen LogP contribution in [-0.2, 0) is 16.0 Å². The lowest BCUT2D eigenvalue weighted by Crippen LogP contribution is -2.49. The van der Waals surface area contributed by atoms with Crippen LogP contribution in [0.3, 0.4) is 0 Å². The summed E-state index contributed by atoms with van der Waals surface area (Å²) in [5.41, 5.74) is 2.10. The van der Waals surface area contributed by atoms with E-state index in [0.717, 1.165) is 29.4 Å². The van der Waals surface area contributed by atoms with Crippen LogP contribution in [0.15, 0.2) is 54.6 Å². The number of benzene rings is 2. The molecule has 1 aliphatic rings. The molecular formula is C21H24ClN3O2. The zero-order valence-corrected chi connectivity index (χ0v) is 16.0. The number of carbonyl (C=O) groups excluding carboxylic acids is 2. The minimum Gasteiger partial charge on any atom is -0.368 e. The summed E-state index contributed by atoms with van der Waals surface area (Å²) in [7, 11) is 0. The Hall–Kier alpha value is -2.53. The second-order valence-corrected chi connectivity index (χ2v) is 7.04. The highest BCUT2D eigenvalue weighted by Gasteiger charge is 2.21. The second-order valence-electron chi connectivity index (χ2n) is 6.61. The minimum atomic E-state index is -0.0541. The number of amides is 2. The normalized spacial score (nSPS) is 14.1. The molecule has 1 fully saturated rings. The molecule has 0 atom stereocenters. The summed E-state index contributed by atoms with van der Waals surface area (Å²) in [5, 5.41) is 3.56. The number of hydrogen-bond donors (Lipinski definition) is 1. The molecule has 5 nitrogen and oxygen atoms in total. The van der Waals surface area contributed by atoms with Gasteiger partial charge in [0.2, 0.25) is 11.8 Å². The van der Waals surface area contributed by atoms with E-state index in [4.69, 9.17) is 11.6 Å². The van der Waals surface area contributed by atoms with Crippen molar-refractivity contribution in [3.63, 3.8) is 0 Å². The van der Waals surface area contributed by atoms with Crippen LogP contribution < -0.4 is 10.2 Å². The maximum Gasteiger partial charge on any atom is 0.224 e. The van der Waals surface area contributed by atoms with Crippen molar-refractivity contribution in [2.24, 2.45) is 0 Å². The van der Waals surface area contributed by atoms with Crippen LogP contribution in [0.4, 0.5) is 5.69 Å². The van der Waals surface area contributed by atoms with Gasteiger partial charge in [0.05, 0.1) is 6.42 Å². The molecule has 1 heterocycles. The smallest absolute Gasteiger partial charge is 0.224 e. The Balaban J connectivity index is 1.37. The lowest BCUT2D eigenvalue weighted by molar-refractivity contribution is -0.131. The van der Waals surface area contributed by atoms with Gasteiger partial charge in [-0.05, 0) is 29.8 Å². The van der Waals surface area contributed by atoms with Gasteiger partial charge in [0.15, 0.2) is 0 Å². The van der Waals surface area contributed by atoms with Gasteiger partial charge in [-0.2, -0.15) is 0 Å². The van der Waals surface area contributed by atoms with E-state index in [1.54, 1.807) is 0 Å². The molecule has 0 aromatic heterocycles. The third kappa shape index (κ3) is 5.73. The Bertz CT molecular complexity index is 757. The summed E-state index contributed by atoms with van der Waals surface area (Å²) in [4.78, 5) is 28.4. The molecule has 0 saturated carbocycles. The van der Waals surface area contributed by atoms with Gasteiger partial charge in [-0.1, -0.05) is 41.9 Å². The molecule has 3 rings (SSSR count). The molecule has 6 heteroatoms. The third-order valence-corrected chi connectivity index (χ3v) is 4.94. The fourth-order valence-electron chi connectivity index (χ4n) is 3.18. The van der Waals surface area contributed by atoms with Crippen molar-refractivity contribution >= 4 is 29.1 Å². The summed E-state index contributed by atoms with van der Waals surface area (Å²) in [6.07, 6.45) is 0.677. The predicted octanol–water partition coefficient (Wildman–Crippen LogP) is 2.74. The number of piperazine rings is 1. The summed E-state index contributed by atoms with van der Waals surface area (Å²) < 4.78 is 0. The molecule has 0 unspecified atom stereocenters. The lowest BCUT2D eigenvalue weighted by atomic mass is 10.1. The number of carbonyl (C=O) groups is 2. The summed E-state index contributed by atoms with van der Waals surface area (Å²) >= 11 is 5.93. The Kier molecular flexibility index (Phi) is 6.71. The Morgan fingerprint density at radius 1 is 0.926 bits per heavy atom. The molecular weight excluding hydrogens is 362 g/mol. The highest BCUT2D eigenvalue weighted by Crippen LogP contribution is 2.19. The standard InChI is InChI=1S/C21H24ClN3O2/c22-18-6-8-19(9-7-18)24-12-14-25(15-13-24)21(27)10-11-23-20(26)16-17-4-2-1-3-5-17/h1-9H,10-16H2,(H,23,26). The van der Waals surface area contributed by atoms with Crippen molar-refractivity contribution in [1.29, 1.82) is 0 Å². The van der Waals surface area contributed by atoms with Gasteiger partial charge in [-0.3, -0.25) is 9.59 Å². The van der Waals surface area contributed by atoms with E-state index in [2.05, 4.69) is 10.2 Å². The van der Waals surface area contributed by atoms with Gasteiger partial charge in [0.1, 0.15) is 0 Å². The molecule has 1 N–H and O–H groups in total. The van der Waals surface area contributed by atoms with Crippen LogP contribution >= 0.6 is 11.6 Å². The molecule has 0 aliphatic carbocycles. The first-order chi connectivity index (χ1) is 13.1. The first-order valence-electron chi connectivity index (χ1n) is 9.21. The first-order valence-corrected chi connectivity index (χ1v) is 9.58. The number of nitrogens with one attached hydrogen (secondary N) is 1. The fourth-order valence-corrected chi connectivity index (χ4v) is 3.30. The van der Waals surface area contributed by atoms with E-state index < -0.39 is 0 Å². The number of hydrogen-bond acceptors (Lipinski definition) is 3. The Morgan fingerprint density at radius 2 is 1.59 bits per heavy atom. The summed E-state index contributed by atoms with van der Waals surface area (Å²) in [5.74, 6) is 0.0346. The highest BCUT2D eigenvalue weighted by molar-refractivity contribution is 6.30. The average molecular weight is 386 g/mol. The highest BCUT2D eigenvalue weighted by atomic mass is 35.5. The number of rotatable bonds is 6.